The molecular formula is C13H12N3. The summed E-state index contributed by atoms with van der Waals surface area (Å²) in [6.45, 7) is 0. The first-order valence-electron chi connectivity index (χ1n) is 5.00. The average molecular weight is 210 g/mol. The maximum atomic E-state index is 7.36. The Bertz CT molecular complexity index is 492. The van der Waals surface area contributed by atoms with E-state index in [2.05, 4.69) is 11.1 Å². The number of amidine groups is 1. The predicted molar refractivity (Wildman–Crippen MR) is 63.3 cm³/mol. The highest BCUT2D eigenvalue weighted by Crippen LogP contribution is 2.08. The van der Waals surface area contributed by atoms with Crippen LogP contribution in [0.5, 0.6) is 0 Å². The summed E-state index contributed by atoms with van der Waals surface area (Å²) in [6.07, 6.45) is 2.48. The molecule has 0 aliphatic rings. The van der Waals surface area contributed by atoms with E-state index in [0.29, 0.717) is 6.42 Å². The molecule has 0 fully saturated rings. The van der Waals surface area contributed by atoms with E-state index in [1.807, 2.05) is 24.3 Å². The SMILES string of the molecule is N=C(N)c1cc[c]c(Cc2ccccn2)c1. The molecule has 1 aromatic heterocycles. The Morgan fingerprint density at radius 3 is 2.94 bits per heavy atom. The number of nitrogen functional groups attached to an aromatic ring is 1. The third-order valence-electron chi connectivity index (χ3n) is 2.27. The Balaban J connectivity index is 2.22. The second-order valence-electron chi connectivity index (χ2n) is 3.51. The number of aromatic nitrogens is 1. The smallest absolute Gasteiger partial charge is 0.122 e. The molecule has 0 saturated heterocycles. The Morgan fingerprint density at radius 1 is 1.38 bits per heavy atom. The number of rotatable bonds is 3. The average Bonchev–Trinajstić information content (AvgIpc) is 2.30. The fraction of sp³-hybridized carbons (Fsp3) is 0.0769. The molecule has 0 bridgehead atoms. The van der Waals surface area contributed by atoms with Gasteiger partial charge in [0.15, 0.2) is 0 Å². The van der Waals surface area contributed by atoms with Crippen LogP contribution in [0, 0.1) is 11.5 Å². The third-order valence-corrected chi connectivity index (χ3v) is 2.27. The molecule has 16 heavy (non-hydrogen) atoms. The molecule has 1 radical (unpaired) electrons. The molecule has 1 heterocycles. The molecule has 79 valence electrons. The van der Waals surface area contributed by atoms with Crippen molar-refractivity contribution in [3.8, 4) is 0 Å². The van der Waals surface area contributed by atoms with Crippen LogP contribution in [0.25, 0.3) is 0 Å². The number of pyridine rings is 1. The Morgan fingerprint density at radius 2 is 2.25 bits per heavy atom. The van der Waals surface area contributed by atoms with Gasteiger partial charge in [0.1, 0.15) is 5.84 Å². The zero-order valence-corrected chi connectivity index (χ0v) is 8.77. The van der Waals surface area contributed by atoms with Crippen LogP contribution in [0.3, 0.4) is 0 Å². The van der Waals surface area contributed by atoms with Crippen LogP contribution in [-0.2, 0) is 6.42 Å². The second-order valence-corrected chi connectivity index (χ2v) is 3.51. The summed E-state index contributed by atoms with van der Waals surface area (Å²) in [5.41, 5.74) is 8.13. The molecule has 3 nitrogen and oxygen atoms in total. The van der Waals surface area contributed by atoms with Crippen LogP contribution in [-0.4, -0.2) is 10.8 Å². The molecule has 1 aromatic carbocycles. The van der Waals surface area contributed by atoms with Crippen molar-refractivity contribution < 1.29 is 0 Å². The van der Waals surface area contributed by atoms with Crippen LogP contribution < -0.4 is 5.73 Å². The molecule has 0 aliphatic heterocycles. The maximum Gasteiger partial charge on any atom is 0.122 e. The standard InChI is InChI=1S/C13H12N3/c14-13(15)11-5-3-4-10(8-11)9-12-6-1-2-7-16-12/h1-3,5-8H,9H2,(H3,14,15). The van der Waals surface area contributed by atoms with Crippen LogP contribution in [0.1, 0.15) is 16.8 Å². The zero-order chi connectivity index (χ0) is 11.4. The van der Waals surface area contributed by atoms with Crippen molar-refractivity contribution in [2.75, 3.05) is 0 Å². The summed E-state index contributed by atoms with van der Waals surface area (Å²) in [6, 6.07) is 14.4. The number of nitrogens with two attached hydrogens (primary N) is 1. The number of nitrogens with zero attached hydrogens (tertiary/aromatic N) is 1. The van der Waals surface area contributed by atoms with Gasteiger partial charge in [0, 0.05) is 23.9 Å². The largest absolute Gasteiger partial charge is 0.384 e. The summed E-state index contributed by atoms with van der Waals surface area (Å²) in [7, 11) is 0. The minimum absolute atomic E-state index is 0.0799. The van der Waals surface area contributed by atoms with Crippen LogP contribution >= 0.6 is 0 Å². The molecule has 0 saturated carbocycles. The highest BCUT2D eigenvalue weighted by atomic mass is 14.7. The Hall–Kier alpha value is -2.16. The van der Waals surface area contributed by atoms with Gasteiger partial charge in [0.2, 0.25) is 0 Å². The molecule has 0 atom stereocenters. The van der Waals surface area contributed by atoms with Crippen LogP contribution in [0.15, 0.2) is 42.6 Å². The lowest BCUT2D eigenvalue weighted by Gasteiger charge is -2.03. The van der Waals surface area contributed by atoms with E-state index in [1.165, 1.54) is 0 Å². The van der Waals surface area contributed by atoms with Gasteiger partial charge >= 0.3 is 0 Å². The van der Waals surface area contributed by atoms with Crippen molar-refractivity contribution in [3.63, 3.8) is 0 Å². The molecule has 0 spiro atoms. The normalized spacial score (nSPS) is 10.0. The summed E-state index contributed by atoms with van der Waals surface area (Å²) in [5, 5.41) is 7.36. The topological polar surface area (TPSA) is 62.8 Å². The summed E-state index contributed by atoms with van der Waals surface area (Å²) in [5.74, 6) is 0.0799. The first-order chi connectivity index (χ1) is 7.75. The van der Waals surface area contributed by atoms with Crippen molar-refractivity contribution in [3.05, 3.63) is 65.5 Å². The number of benzene rings is 1. The quantitative estimate of drug-likeness (QED) is 0.599. The first kappa shape index (κ1) is 10.4. The van der Waals surface area contributed by atoms with Crippen LogP contribution in [0.4, 0.5) is 0 Å². The van der Waals surface area contributed by atoms with E-state index in [4.69, 9.17) is 11.1 Å². The van der Waals surface area contributed by atoms with Crippen molar-refractivity contribution >= 4 is 5.84 Å². The second kappa shape index (κ2) is 4.57. The van der Waals surface area contributed by atoms with Gasteiger partial charge in [-0.25, -0.2) is 0 Å². The molecule has 0 aliphatic carbocycles. The highest BCUT2D eigenvalue weighted by Gasteiger charge is 2.00. The van der Waals surface area contributed by atoms with Gasteiger partial charge in [-0.3, -0.25) is 10.4 Å². The lowest BCUT2D eigenvalue weighted by Crippen LogP contribution is -2.11. The van der Waals surface area contributed by atoms with Crippen LogP contribution in [0.2, 0.25) is 0 Å². The van der Waals surface area contributed by atoms with E-state index in [1.54, 1.807) is 18.3 Å². The number of hydrogen-bond donors (Lipinski definition) is 2. The fourth-order valence-electron chi connectivity index (χ4n) is 1.48. The highest BCUT2D eigenvalue weighted by molar-refractivity contribution is 5.95. The van der Waals surface area contributed by atoms with Gasteiger partial charge in [-0.15, -0.1) is 0 Å². The summed E-state index contributed by atoms with van der Waals surface area (Å²) >= 11 is 0. The zero-order valence-electron chi connectivity index (χ0n) is 8.77. The lowest BCUT2D eigenvalue weighted by atomic mass is 10.1. The van der Waals surface area contributed by atoms with Crippen molar-refractivity contribution in [2.24, 2.45) is 5.73 Å². The lowest BCUT2D eigenvalue weighted by molar-refractivity contribution is 1.07. The van der Waals surface area contributed by atoms with Gasteiger partial charge < -0.3 is 5.73 Å². The van der Waals surface area contributed by atoms with E-state index in [-0.39, 0.29) is 5.84 Å². The molecular weight excluding hydrogens is 198 g/mol. The Labute approximate surface area is 94.5 Å². The molecule has 0 amide bonds. The summed E-state index contributed by atoms with van der Waals surface area (Å²) < 4.78 is 0. The van der Waals surface area contributed by atoms with Crippen molar-refractivity contribution in [1.29, 1.82) is 5.41 Å². The fourth-order valence-corrected chi connectivity index (χ4v) is 1.48. The van der Waals surface area contributed by atoms with Gasteiger partial charge in [0.25, 0.3) is 0 Å². The maximum absolute atomic E-state index is 7.36. The molecule has 3 N–H and O–H groups in total. The van der Waals surface area contributed by atoms with Crippen molar-refractivity contribution in [1.82, 2.24) is 4.98 Å². The molecule has 0 unspecified atom stereocenters. The Kier molecular flexibility index (Phi) is 2.96. The predicted octanol–water partition coefficient (Wildman–Crippen LogP) is 1.76. The van der Waals surface area contributed by atoms with E-state index < -0.39 is 0 Å². The third kappa shape index (κ3) is 2.45. The van der Waals surface area contributed by atoms with Gasteiger partial charge in [0.05, 0.1) is 0 Å². The van der Waals surface area contributed by atoms with E-state index in [0.717, 1.165) is 16.8 Å². The van der Waals surface area contributed by atoms with Gasteiger partial charge in [-0.2, -0.15) is 0 Å². The van der Waals surface area contributed by atoms with Crippen molar-refractivity contribution in [2.45, 2.75) is 6.42 Å². The minimum Gasteiger partial charge on any atom is -0.384 e. The minimum atomic E-state index is 0.0799. The number of hydrogen-bond acceptors (Lipinski definition) is 2. The monoisotopic (exact) mass is 210 g/mol. The molecule has 3 heteroatoms. The molecule has 2 aromatic rings. The first-order valence-corrected chi connectivity index (χ1v) is 5.00. The number of nitrogens with one attached hydrogen (secondary N) is 1. The van der Waals surface area contributed by atoms with E-state index >= 15 is 0 Å². The molecule has 2 rings (SSSR count). The van der Waals surface area contributed by atoms with Gasteiger partial charge in [-0.05, 0) is 29.8 Å². The summed E-state index contributed by atoms with van der Waals surface area (Å²) in [4.78, 5) is 4.24. The van der Waals surface area contributed by atoms with Gasteiger partial charge in [-0.1, -0.05) is 18.2 Å². The van der Waals surface area contributed by atoms with E-state index in [9.17, 15) is 0 Å².